The highest BCUT2D eigenvalue weighted by Gasteiger charge is 2.17. The molecule has 9 heteroatoms. The molecule has 0 radical (unpaired) electrons. The maximum atomic E-state index is 6.10. The summed E-state index contributed by atoms with van der Waals surface area (Å²) in [5.74, 6) is 1.17. The van der Waals surface area contributed by atoms with Gasteiger partial charge in [-0.1, -0.05) is 11.6 Å². The van der Waals surface area contributed by atoms with Gasteiger partial charge < -0.3 is 25.0 Å². The van der Waals surface area contributed by atoms with Gasteiger partial charge in [0.2, 0.25) is 5.95 Å². The van der Waals surface area contributed by atoms with E-state index in [1.54, 1.807) is 6.07 Å². The zero-order valence-electron chi connectivity index (χ0n) is 12.8. The van der Waals surface area contributed by atoms with Crippen LogP contribution in [0.4, 0.5) is 11.8 Å². The Morgan fingerprint density at radius 2 is 2.17 bits per heavy atom. The number of hydrogen-bond acceptors (Lipinski definition) is 6. The summed E-state index contributed by atoms with van der Waals surface area (Å²) in [6.07, 6.45) is 2.39. The molecule has 1 atom stereocenters. The van der Waals surface area contributed by atoms with Gasteiger partial charge in [-0.3, -0.25) is 0 Å². The van der Waals surface area contributed by atoms with Crippen LogP contribution in [0.15, 0.2) is 6.07 Å². The average Bonchev–Trinajstić information content (AvgIpc) is 3.07. The van der Waals surface area contributed by atoms with Gasteiger partial charge in [-0.2, -0.15) is 4.98 Å². The number of aromatic nitrogens is 2. The number of halogens is 1. The zero-order valence-corrected chi connectivity index (χ0v) is 14.3. The number of ether oxygens (including phenoxy) is 2. The van der Waals surface area contributed by atoms with E-state index in [1.165, 1.54) is 0 Å². The van der Waals surface area contributed by atoms with Crippen molar-refractivity contribution >= 4 is 40.7 Å². The molecule has 0 aromatic carbocycles. The molecule has 126 valence electrons. The fourth-order valence-corrected chi connectivity index (χ4v) is 2.93. The number of rotatable bonds is 4. The minimum absolute atomic E-state index is 0.221. The second-order valence-electron chi connectivity index (χ2n) is 5.44. The van der Waals surface area contributed by atoms with Crippen LogP contribution in [0.5, 0.6) is 0 Å². The maximum absolute atomic E-state index is 6.10. The lowest BCUT2D eigenvalue weighted by Gasteiger charge is -2.28. The van der Waals surface area contributed by atoms with Crippen molar-refractivity contribution in [3.63, 3.8) is 0 Å². The molecule has 23 heavy (non-hydrogen) atoms. The molecule has 0 unspecified atom stereocenters. The third-order valence-electron chi connectivity index (χ3n) is 3.76. The van der Waals surface area contributed by atoms with Crippen LogP contribution >= 0.6 is 23.8 Å². The molecule has 2 saturated heterocycles. The van der Waals surface area contributed by atoms with Crippen molar-refractivity contribution in [3.05, 3.63) is 11.2 Å². The van der Waals surface area contributed by atoms with Gasteiger partial charge in [0.05, 0.1) is 19.3 Å². The number of morpholine rings is 1. The van der Waals surface area contributed by atoms with Crippen molar-refractivity contribution in [3.8, 4) is 0 Å². The maximum Gasteiger partial charge on any atom is 0.232 e. The highest BCUT2D eigenvalue weighted by Crippen LogP contribution is 2.19. The summed E-state index contributed by atoms with van der Waals surface area (Å²) >= 11 is 11.4. The van der Waals surface area contributed by atoms with Gasteiger partial charge in [-0.25, -0.2) is 4.98 Å². The highest BCUT2D eigenvalue weighted by molar-refractivity contribution is 7.80. The SMILES string of the molecule is S=C(NC[C@@H]1CCCO1)Nc1nc(Cl)cc(N2CCOCC2)n1. The van der Waals surface area contributed by atoms with Gasteiger partial charge in [0.1, 0.15) is 11.0 Å². The molecular formula is C14H20ClN5O2S. The van der Waals surface area contributed by atoms with Crippen LogP contribution in [-0.4, -0.2) is 60.6 Å². The number of nitrogens with one attached hydrogen (secondary N) is 2. The van der Waals surface area contributed by atoms with Crippen LogP contribution in [-0.2, 0) is 9.47 Å². The van der Waals surface area contributed by atoms with Gasteiger partial charge >= 0.3 is 0 Å². The van der Waals surface area contributed by atoms with Crippen molar-refractivity contribution in [1.29, 1.82) is 0 Å². The van der Waals surface area contributed by atoms with Gasteiger partial charge in [0.15, 0.2) is 5.11 Å². The smallest absolute Gasteiger partial charge is 0.232 e. The summed E-state index contributed by atoms with van der Waals surface area (Å²) in [7, 11) is 0. The molecule has 1 aromatic rings. The molecule has 0 aliphatic carbocycles. The summed E-state index contributed by atoms with van der Waals surface area (Å²) in [6, 6.07) is 1.75. The molecule has 3 heterocycles. The van der Waals surface area contributed by atoms with E-state index in [-0.39, 0.29) is 6.10 Å². The van der Waals surface area contributed by atoms with E-state index in [1.807, 2.05) is 0 Å². The van der Waals surface area contributed by atoms with Crippen LogP contribution < -0.4 is 15.5 Å². The summed E-state index contributed by atoms with van der Waals surface area (Å²) in [4.78, 5) is 10.8. The predicted octanol–water partition coefficient (Wildman–Crippen LogP) is 1.43. The Kier molecular flexibility index (Phi) is 5.82. The van der Waals surface area contributed by atoms with Gasteiger partial charge in [0.25, 0.3) is 0 Å². The average molecular weight is 358 g/mol. The fraction of sp³-hybridized carbons (Fsp3) is 0.643. The largest absolute Gasteiger partial charge is 0.378 e. The molecular weight excluding hydrogens is 338 g/mol. The lowest BCUT2D eigenvalue weighted by atomic mass is 10.2. The monoisotopic (exact) mass is 357 g/mol. The number of thiocarbonyl (C=S) groups is 1. The minimum atomic E-state index is 0.221. The molecule has 1 aromatic heterocycles. The van der Waals surface area contributed by atoms with Crippen molar-refractivity contribution in [2.45, 2.75) is 18.9 Å². The first kappa shape index (κ1) is 16.6. The zero-order chi connectivity index (χ0) is 16.1. The third-order valence-corrected chi connectivity index (χ3v) is 4.20. The standard InChI is InChI=1S/C14H20ClN5O2S/c15-11-8-12(20-3-6-21-7-4-20)18-13(17-11)19-14(23)16-9-10-2-1-5-22-10/h8,10H,1-7,9H2,(H2,16,17,18,19,23)/t10-/m0/s1. The van der Waals surface area contributed by atoms with Crippen LogP contribution in [0.1, 0.15) is 12.8 Å². The van der Waals surface area contributed by atoms with Crippen molar-refractivity contribution < 1.29 is 9.47 Å². The topological polar surface area (TPSA) is 71.5 Å². The molecule has 0 amide bonds. The Morgan fingerprint density at radius 1 is 1.35 bits per heavy atom. The van der Waals surface area contributed by atoms with Crippen molar-refractivity contribution in [1.82, 2.24) is 15.3 Å². The molecule has 2 aliphatic heterocycles. The third kappa shape index (κ3) is 4.87. The summed E-state index contributed by atoms with van der Waals surface area (Å²) in [5.41, 5.74) is 0. The van der Waals surface area contributed by atoms with Gasteiger partial charge in [0, 0.05) is 32.3 Å². The van der Waals surface area contributed by atoms with Crippen LogP contribution in [0.2, 0.25) is 5.15 Å². The molecule has 0 spiro atoms. The van der Waals surface area contributed by atoms with Crippen LogP contribution in [0.25, 0.3) is 0 Å². The van der Waals surface area contributed by atoms with E-state index in [0.29, 0.717) is 36.0 Å². The highest BCUT2D eigenvalue weighted by atomic mass is 35.5. The van der Waals surface area contributed by atoms with Gasteiger partial charge in [-0.05, 0) is 25.1 Å². The van der Waals surface area contributed by atoms with E-state index in [2.05, 4.69) is 25.5 Å². The quantitative estimate of drug-likeness (QED) is 0.619. The Labute approximate surface area is 145 Å². The Morgan fingerprint density at radius 3 is 2.91 bits per heavy atom. The Hall–Kier alpha value is -1.22. The van der Waals surface area contributed by atoms with E-state index in [4.69, 9.17) is 33.3 Å². The van der Waals surface area contributed by atoms with E-state index < -0.39 is 0 Å². The predicted molar refractivity (Wildman–Crippen MR) is 93.3 cm³/mol. The van der Waals surface area contributed by atoms with Gasteiger partial charge in [-0.15, -0.1) is 0 Å². The molecule has 0 saturated carbocycles. The van der Waals surface area contributed by atoms with Crippen molar-refractivity contribution in [2.75, 3.05) is 49.7 Å². The van der Waals surface area contributed by atoms with Crippen LogP contribution in [0.3, 0.4) is 0 Å². The summed E-state index contributed by atoms with van der Waals surface area (Å²) in [5, 5.41) is 6.97. The molecule has 0 bridgehead atoms. The molecule has 2 N–H and O–H groups in total. The Balaban J connectivity index is 1.57. The second-order valence-corrected chi connectivity index (χ2v) is 6.24. The fourth-order valence-electron chi connectivity index (χ4n) is 2.57. The minimum Gasteiger partial charge on any atom is -0.378 e. The number of anilines is 2. The van der Waals surface area contributed by atoms with E-state index in [0.717, 1.165) is 38.4 Å². The van der Waals surface area contributed by atoms with E-state index in [9.17, 15) is 0 Å². The van der Waals surface area contributed by atoms with Crippen LogP contribution in [0, 0.1) is 0 Å². The normalized spacial score (nSPS) is 21.3. The Bertz CT molecular complexity index is 550. The molecule has 3 rings (SSSR count). The first-order chi connectivity index (χ1) is 11.2. The number of nitrogens with zero attached hydrogens (tertiary/aromatic N) is 3. The van der Waals surface area contributed by atoms with E-state index >= 15 is 0 Å². The first-order valence-corrected chi connectivity index (χ1v) is 8.53. The lowest BCUT2D eigenvalue weighted by Crippen LogP contribution is -2.37. The van der Waals surface area contributed by atoms with Crippen molar-refractivity contribution in [2.24, 2.45) is 0 Å². The summed E-state index contributed by atoms with van der Waals surface area (Å²) < 4.78 is 10.9. The summed E-state index contributed by atoms with van der Waals surface area (Å²) in [6.45, 7) is 4.45. The lowest BCUT2D eigenvalue weighted by molar-refractivity contribution is 0.114. The number of hydrogen-bond donors (Lipinski definition) is 2. The molecule has 7 nitrogen and oxygen atoms in total. The molecule has 2 aliphatic rings. The molecule has 2 fully saturated rings. The second kappa shape index (κ2) is 8.05. The first-order valence-electron chi connectivity index (χ1n) is 7.74.